The van der Waals surface area contributed by atoms with Crippen LogP contribution in [-0.2, 0) is 19.9 Å². The molecule has 1 fully saturated rings. The van der Waals surface area contributed by atoms with Crippen LogP contribution in [-0.4, -0.2) is 45.7 Å². The van der Waals surface area contributed by atoms with Gasteiger partial charge in [0.2, 0.25) is 10.0 Å². The summed E-state index contributed by atoms with van der Waals surface area (Å²) in [6.07, 6.45) is 0.338. The van der Waals surface area contributed by atoms with E-state index in [1.54, 1.807) is 6.92 Å². The Morgan fingerprint density at radius 3 is 2.50 bits per heavy atom. The number of sulfone groups is 1. The molecule has 1 aromatic carbocycles. The Morgan fingerprint density at radius 1 is 1.35 bits per heavy atom. The zero-order valence-electron chi connectivity index (χ0n) is 11.2. The van der Waals surface area contributed by atoms with Gasteiger partial charge in [0.05, 0.1) is 16.4 Å². The second-order valence-corrected chi connectivity index (χ2v) is 9.62. The van der Waals surface area contributed by atoms with Gasteiger partial charge in [0.15, 0.2) is 9.84 Å². The summed E-state index contributed by atoms with van der Waals surface area (Å²) in [5.41, 5.74) is 0.667. The fraction of sp³-hybridized carbons (Fsp3) is 0.500. The van der Waals surface area contributed by atoms with Crippen LogP contribution in [0.4, 0.5) is 0 Å². The summed E-state index contributed by atoms with van der Waals surface area (Å²) >= 11 is 5.89. The molecule has 1 aromatic rings. The quantitative estimate of drug-likeness (QED) is 0.837. The molecule has 1 unspecified atom stereocenters. The normalized spacial score (nSPS) is 22.3. The van der Waals surface area contributed by atoms with E-state index < -0.39 is 25.9 Å². The lowest BCUT2D eigenvalue weighted by molar-refractivity contribution is 0.394. The van der Waals surface area contributed by atoms with Gasteiger partial charge >= 0.3 is 0 Å². The van der Waals surface area contributed by atoms with E-state index in [1.165, 1.54) is 25.2 Å². The smallest absolute Gasteiger partial charge is 0.229 e. The topological polar surface area (TPSA) is 71.5 Å². The van der Waals surface area contributed by atoms with Crippen LogP contribution >= 0.6 is 11.6 Å². The molecule has 8 heteroatoms. The highest BCUT2D eigenvalue weighted by molar-refractivity contribution is 7.92. The molecule has 0 N–H and O–H groups in total. The third kappa shape index (κ3) is 3.00. The molecule has 1 aliphatic rings. The Balaban J connectivity index is 2.32. The molecule has 0 spiro atoms. The average Bonchev–Trinajstić information content (AvgIpc) is 2.72. The molecule has 1 saturated heterocycles. The Bertz CT molecular complexity index is 728. The fourth-order valence-corrected chi connectivity index (χ4v) is 5.66. The van der Waals surface area contributed by atoms with Gasteiger partial charge in [0, 0.05) is 18.1 Å². The first-order valence-corrected chi connectivity index (χ1v) is 9.72. The first-order valence-electron chi connectivity index (χ1n) is 6.08. The lowest BCUT2D eigenvalue weighted by Crippen LogP contribution is -2.37. The maximum Gasteiger partial charge on any atom is 0.243 e. The molecule has 2 rings (SSSR count). The lowest BCUT2D eigenvalue weighted by atomic mass is 10.2. The molecule has 1 aliphatic heterocycles. The van der Waals surface area contributed by atoms with Crippen molar-refractivity contribution in [2.24, 2.45) is 0 Å². The molecule has 0 aliphatic carbocycles. The molecule has 1 heterocycles. The van der Waals surface area contributed by atoms with Crippen molar-refractivity contribution in [3.63, 3.8) is 0 Å². The van der Waals surface area contributed by atoms with Gasteiger partial charge in [-0.05, 0) is 37.1 Å². The van der Waals surface area contributed by atoms with Gasteiger partial charge in [-0.3, -0.25) is 0 Å². The Morgan fingerprint density at radius 2 is 2.00 bits per heavy atom. The van der Waals surface area contributed by atoms with Gasteiger partial charge in [-0.15, -0.1) is 0 Å². The van der Waals surface area contributed by atoms with Gasteiger partial charge in [-0.2, -0.15) is 4.31 Å². The van der Waals surface area contributed by atoms with E-state index in [0.717, 1.165) is 4.31 Å². The van der Waals surface area contributed by atoms with Crippen molar-refractivity contribution in [2.45, 2.75) is 24.3 Å². The molecular formula is C12H16ClNO4S2. The molecule has 0 aromatic heterocycles. The molecule has 0 saturated carbocycles. The average molecular weight is 338 g/mol. The van der Waals surface area contributed by atoms with Gasteiger partial charge in [-0.1, -0.05) is 11.6 Å². The van der Waals surface area contributed by atoms with E-state index in [9.17, 15) is 16.8 Å². The van der Waals surface area contributed by atoms with E-state index in [0.29, 0.717) is 17.0 Å². The number of nitrogens with zero attached hydrogens (tertiary/aromatic N) is 1. The zero-order chi connectivity index (χ0) is 15.1. The van der Waals surface area contributed by atoms with E-state index in [1.807, 2.05) is 0 Å². The minimum absolute atomic E-state index is 0.0389. The minimum Gasteiger partial charge on any atom is -0.229 e. The summed E-state index contributed by atoms with van der Waals surface area (Å²) in [5.74, 6) is -0.0769. The predicted octanol–water partition coefficient (Wildman–Crippen LogP) is 1.46. The summed E-state index contributed by atoms with van der Waals surface area (Å²) in [6.45, 7) is 1.72. The van der Waals surface area contributed by atoms with Crippen LogP contribution in [0.3, 0.4) is 0 Å². The van der Waals surface area contributed by atoms with Crippen molar-refractivity contribution in [3.8, 4) is 0 Å². The Kier molecular flexibility index (Phi) is 4.17. The predicted molar refractivity (Wildman–Crippen MR) is 78.2 cm³/mol. The third-order valence-corrected chi connectivity index (χ3v) is 7.61. The van der Waals surface area contributed by atoms with E-state index in [4.69, 9.17) is 11.6 Å². The first kappa shape index (κ1) is 15.8. The highest BCUT2D eigenvalue weighted by Gasteiger charge is 2.36. The van der Waals surface area contributed by atoms with Crippen LogP contribution in [0.5, 0.6) is 0 Å². The number of hydrogen-bond donors (Lipinski definition) is 0. The second-order valence-electron chi connectivity index (χ2n) is 4.99. The van der Waals surface area contributed by atoms with Crippen LogP contribution in [0.15, 0.2) is 23.1 Å². The number of rotatable bonds is 3. The maximum atomic E-state index is 12.5. The first-order chi connectivity index (χ1) is 9.13. The van der Waals surface area contributed by atoms with Crippen molar-refractivity contribution in [1.29, 1.82) is 0 Å². The molecule has 20 heavy (non-hydrogen) atoms. The van der Waals surface area contributed by atoms with Crippen LogP contribution in [0.1, 0.15) is 12.0 Å². The van der Waals surface area contributed by atoms with Crippen LogP contribution in [0.25, 0.3) is 0 Å². The number of hydrogen-bond acceptors (Lipinski definition) is 4. The van der Waals surface area contributed by atoms with E-state index >= 15 is 0 Å². The summed E-state index contributed by atoms with van der Waals surface area (Å²) in [6, 6.07) is 3.96. The van der Waals surface area contributed by atoms with E-state index in [2.05, 4.69) is 0 Å². The van der Waals surface area contributed by atoms with Crippen molar-refractivity contribution in [3.05, 3.63) is 28.8 Å². The molecular weight excluding hydrogens is 322 g/mol. The number of sulfonamides is 1. The van der Waals surface area contributed by atoms with E-state index in [-0.39, 0.29) is 16.4 Å². The number of aryl methyl sites for hydroxylation is 1. The molecule has 5 nitrogen and oxygen atoms in total. The van der Waals surface area contributed by atoms with Crippen LogP contribution in [0, 0.1) is 6.92 Å². The summed E-state index contributed by atoms with van der Waals surface area (Å²) in [5, 5.41) is 0.495. The molecule has 0 bridgehead atoms. The Labute approximate surface area is 124 Å². The SMILES string of the molecule is Cc1cc(S(=O)(=O)N(C)C2CCS(=O)(=O)C2)ccc1Cl. The molecule has 112 valence electrons. The standard InChI is InChI=1S/C12H16ClNO4S2/c1-9-7-11(3-4-12(9)13)20(17,18)14(2)10-5-6-19(15,16)8-10/h3-4,7,10H,5-6,8H2,1-2H3. The van der Waals surface area contributed by atoms with Crippen molar-refractivity contribution >= 4 is 31.5 Å². The largest absolute Gasteiger partial charge is 0.243 e. The second kappa shape index (κ2) is 5.29. The third-order valence-electron chi connectivity index (χ3n) is 3.53. The number of halogens is 1. The van der Waals surface area contributed by atoms with Crippen molar-refractivity contribution in [2.75, 3.05) is 18.6 Å². The maximum absolute atomic E-state index is 12.5. The molecule has 0 radical (unpaired) electrons. The van der Waals surface area contributed by atoms with Gasteiger partial charge in [0.1, 0.15) is 0 Å². The summed E-state index contributed by atoms with van der Waals surface area (Å²) in [4.78, 5) is 0.131. The number of benzene rings is 1. The highest BCUT2D eigenvalue weighted by atomic mass is 35.5. The summed E-state index contributed by atoms with van der Waals surface area (Å²) < 4.78 is 49.1. The van der Waals surface area contributed by atoms with Crippen LogP contribution < -0.4 is 0 Å². The van der Waals surface area contributed by atoms with Gasteiger partial charge in [-0.25, -0.2) is 16.8 Å². The van der Waals surface area contributed by atoms with Crippen molar-refractivity contribution < 1.29 is 16.8 Å². The highest BCUT2D eigenvalue weighted by Crippen LogP contribution is 2.25. The van der Waals surface area contributed by atoms with Crippen molar-refractivity contribution in [1.82, 2.24) is 4.31 Å². The van der Waals surface area contributed by atoms with Gasteiger partial charge in [0.25, 0.3) is 0 Å². The van der Waals surface area contributed by atoms with Crippen LogP contribution in [0.2, 0.25) is 5.02 Å². The lowest BCUT2D eigenvalue weighted by Gasteiger charge is -2.23. The summed E-state index contributed by atoms with van der Waals surface area (Å²) in [7, 11) is -5.41. The molecule has 0 amide bonds. The monoisotopic (exact) mass is 337 g/mol. The fourth-order valence-electron chi connectivity index (χ4n) is 2.20. The Hall–Kier alpha value is -0.630. The zero-order valence-corrected chi connectivity index (χ0v) is 13.6. The minimum atomic E-state index is -3.70. The molecule has 1 atom stereocenters. The van der Waals surface area contributed by atoms with Gasteiger partial charge < -0.3 is 0 Å².